The summed E-state index contributed by atoms with van der Waals surface area (Å²) in [6.07, 6.45) is 0.908. The second-order valence-electron chi connectivity index (χ2n) is 6.66. The van der Waals surface area contributed by atoms with Crippen LogP contribution in [0.25, 0.3) is 0 Å². The zero-order valence-corrected chi connectivity index (χ0v) is 15.8. The molecule has 1 fully saturated rings. The Morgan fingerprint density at radius 2 is 1.96 bits per heavy atom. The van der Waals surface area contributed by atoms with Gasteiger partial charge in [0.1, 0.15) is 11.5 Å². The second-order valence-corrected chi connectivity index (χ2v) is 6.66. The molecule has 2 aromatic rings. The molecule has 2 aromatic carbocycles. The van der Waals surface area contributed by atoms with E-state index in [-0.39, 0.29) is 25.2 Å². The van der Waals surface area contributed by atoms with Gasteiger partial charge in [0, 0.05) is 26.2 Å². The number of carbonyl (C=O) groups excluding carboxylic acids is 1. The fraction of sp³-hybridized carbons (Fsp3) is 0.381. The molecule has 6 nitrogen and oxygen atoms in total. The summed E-state index contributed by atoms with van der Waals surface area (Å²) in [7, 11) is 3.71. The van der Waals surface area contributed by atoms with Crippen molar-refractivity contribution in [3.05, 3.63) is 54.1 Å². The summed E-state index contributed by atoms with van der Waals surface area (Å²) in [4.78, 5) is 16.5. The molecule has 0 bridgehead atoms. The molecule has 27 heavy (non-hydrogen) atoms. The standard InChI is InChI=1S/C21H26N2O4/c1-22(19-5-3-4-6-20(19)26-2)17-11-12-23(13-17)21(25)15-27-18-9-7-16(14-24)8-10-18/h3-10,17,24H,11-15H2,1-2H3. The van der Waals surface area contributed by atoms with E-state index in [2.05, 4.69) is 4.90 Å². The van der Waals surface area contributed by atoms with E-state index in [0.717, 1.165) is 30.0 Å². The molecule has 1 aliphatic rings. The van der Waals surface area contributed by atoms with Gasteiger partial charge in [0.2, 0.25) is 0 Å². The Hall–Kier alpha value is -2.73. The Morgan fingerprint density at radius 1 is 1.22 bits per heavy atom. The quantitative estimate of drug-likeness (QED) is 0.810. The number of amides is 1. The molecule has 0 radical (unpaired) electrons. The fourth-order valence-electron chi connectivity index (χ4n) is 3.33. The summed E-state index contributed by atoms with van der Waals surface area (Å²) in [5, 5.41) is 9.06. The first-order valence-corrected chi connectivity index (χ1v) is 9.08. The fourth-order valence-corrected chi connectivity index (χ4v) is 3.33. The maximum atomic E-state index is 12.5. The summed E-state index contributed by atoms with van der Waals surface area (Å²) in [6, 6.07) is 15.3. The molecular formula is C21H26N2O4. The van der Waals surface area contributed by atoms with Crippen LogP contribution in [0.2, 0.25) is 0 Å². The lowest BCUT2D eigenvalue weighted by molar-refractivity contribution is -0.132. The van der Waals surface area contributed by atoms with Gasteiger partial charge in [0.05, 0.1) is 19.4 Å². The SMILES string of the molecule is COc1ccccc1N(C)C1CCN(C(=O)COc2ccc(CO)cc2)C1. The maximum Gasteiger partial charge on any atom is 0.260 e. The molecule has 1 aliphatic heterocycles. The van der Waals surface area contributed by atoms with Gasteiger partial charge < -0.3 is 24.4 Å². The number of aliphatic hydroxyl groups excluding tert-OH is 1. The van der Waals surface area contributed by atoms with E-state index >= 15 is 0 Å². The molecular weight excluding hydrogens is 344 g/mol. The Labute approximate surface area is 159 Å². The molecule has 1 saturated heterocycles. The average Bonchev–Trinajstić information content (AvgIpc) is 3.22. The minimum atomic E-state index is -0.0165. The number of hydrogen-bond acceptors (Lipinski definition) is 5. The van der Waals surface area contributed by atoms with Crippen molar-refractivity contribution in [2.75, 3.05) is 38.8 Å². The van der Waals surface area contributed by atoms with Crippen LogP contribution in [0.15, 0.2) is 48.5 Å². The lowest BCUT2D eigenvalue weighted by Crippen LogP contribution is -2.38. The molecule has 0 aromatic heterocycles. The molecule has 6 heteroatoms. The van der Waals surface area contributed by atoms with Crippen molar-refractivity contribution in [3.63, 3.8) is 0 Å². The van der Waals surface area contributed by atoms with E-state index < -0.39 is 0 Å². The van der Waals surface area contributed by atoms with Crippen molar-refractivity contribution in [1.82, 2.24) is 4.90 Å². The largest absolute Gasteiger partial charge is 0.495 e. The molecule has 0 aliphatic carbocycles. The first-order chi connectivity index (χ1) is 13.1. The second kappa shape index (κ2) is 8.77. The monoisotopic (exact) mass is 370 g/mol. The van der Waals surface area contributed by atoms with Crippen LogP contribution in [0.3, 0.4) is 0 Å². The number of aliphatic hydroxyl groups is 1. The van der Waals surface area contributed by atoms with Crippen molar-refractivity contribution in [2.45, 2.75) is 19.1 Å². The van der Waals surface area contributed by atoms with Crippen LogP contribution in [0.5, 0.6) is 11.5 Å². The highest BCUT2D eigenvalue weighted by atomic mass is 16.5. The predicted octanol–water partition coefficient (Wildman–Crippen LogP) is 2.30. The predicted molar refractivity (Wildman–Crippen MR) is 104 cm³/mol. The highest BCUT2D eigenvalue weighted by Gasteiger charge is 2.30. The van der Waals surface area contributed by atoms with E-state index in [1.165, 1.54) is 0 Å². The zero-order chi connectivity index (χ0) is 19.2. The van der Waals surface area contributed by atoms with E-state index in [9.17, 15) is 4.79 Å². The molecule has 144 valence electrons. The first-order valence-electron chi connectivity index (χ1n) is 9.08. The number of para-hydroxylation sites is 2. The van der Waals surface area contributed by atoms with Gasteiger partial charge >= 0.3 is 0 Å². The lowest BCUT2D eigenvalue weighted by Gasteiger charge is -2.28. The number of ether oxygens (including phenoxy) is 2. The van der Waals surface area contributed by atoms with Gasteiger partial charge in [0.25, 0.3) is 5.91 Å². The number of likely N-dealkylation sites (tertiary alicyclic amines) is 1. The lowest BCUT2D eigenvalue weighted by atomic mass is 10.2. The normalized spacial score (nSPS) is 16.3. The maximum absolute atomic E-state index is 12.5. The van der Waals surface area contributed by atoms with Crippen LogP contribution in [-0.4, -0.2) is 55.8 Å². The number of rotatable bonds is 7. The summed E-state index contributed by atoms with van der Waals surface area (Å²) in [6.45, 7) is 1.40. The summed E-state index contributed by atoms with van der Waals surface area (Å²) in [5.74, 6) is 1.44. The van der Waals surface area contributed by atoms with Crippen LogP contribution < -0.4 is 14.4 Å². The van der Waals surface area contributed by atoms with Gasteiger partial charge in [-0.05, 0) is 36.2 Å². The summed E-state index contributed by atoms with van der Waals surface area (Å²) in [5.41, 5.74) is 1.84. The number of likely N-dealkylation sites (N-methyl/N-ethyl adjacent to an activating group) is 1. The van der Waals surface area contributed by atoms with E-state index in [0.29, 0.717) is 12.3 Å². The van der Waals surface area contributed by atoms with Crippen molar-refractivity contribution in [3.8, 4) is 11.5 Å². The van der Waals surface area contributed by atoms with Gasteiger partial charge in [-0.25, -0.2) is 0 Å². The third-order valence-electron chi connectivity index (χ3n) is 5.00. The van der Waals surface area contributed by atoms with Crippen LogP contribution in [0.4, 0.5) is 5.69 Å². The Kier molecular flexibility index (Phi) is 6.19. The number of methoxy groups -OCH3 is 1. The van der Waals surface area contributed by atoms with Crippen LogP contribution in [0, 0.1) is 0 Å². The number of hydrogen-bond donors (Lipinski definition) is 1. The molecule has 0 saturated carbocycles. The smallest absolute Gasteiger partial charge is 0.260 e. The first kappa shape index (κ1) is 19.0. The molecule has 3 rings (SSSR count). The number of carbonyl (C=O) groups is 1. The molecule has 1 unspecified atom stereocenters. The van der Waals surface area contributed by atoms with Crippen LogP contribution >= 0.6 is 0 Å². The van der Waals surface area contributed by atoms with Crippen molar-refractivity contribution in [1.29, 1.82) is 0 Å². The highest BCUT2D eigenvalue weighted by Crippen LogP contribution is 2.30. The third-order valence-corrected chi connectivity index (χ3v) is 5.00. The zero-order valence-electron chi connectivity index (χ0n) is 15.8. The van der Waals surface area contributed by atoms with Crippen molar-refractivity contribution in [2.24, 2.45) is 0 Å². The minimum Gasteiger partial charge on any atom is -0.495 e. The Bertz CT molecular complexity index is 763. The molecule has 1 N–H and O–H groups in total. The van der Waals surface area contributed by atoms with Gasteiger partial charge in [-0.2, -0.15) is 0 Å². The Morgan fingerprint density at radius 3 is 2.67 bits per heavy atom. The average molecular weight is 370 g/mol. The van der Waals surface area contributed by atoms with Gasteiger partial charge in [-0.15, -0.1) is 0 Å². The molecule has 0 spiro atoms. The molecule has 1 atom stereocenters. The van der Waals surface area contributed by atoms with Crippen molar-refractivity contribution >= 4 is 11.6 Å². The third kappa shape index (κ3) is 4.52. The summed E-state index contributed by atoms with van der Waals surface area (Å²) >= 11 is 0. The number of anilines is 1. The van der Waals surface area contributed by atoms with Gasteiger partial charge in [-0.3, -0.25) is 4.79 Å². The van der Waals surface area contributed by atoms with E-state index in [1.807, 2.05) is 36.2 Å². The Balaban J connectivity index is 1.54. The minimum absolute atomic E-state index is 0.00586. The van der Waals surface area contributed by atoms with Gasteiger partial charge in [-0.1, -0.05) is 24.3 Å². The van der Waals surface area contributed by atoms with Crippen LogP contribution in [-0.2, 0) is 11.4 Å². The number of nitrogens with zero attached hydrogens (tertiary/aromatic N) is 2. The van der Waals surface area contributed by atoms with E-state index in [1.54, 1.807) is 31.4 Å². The van der Waals surface area contributed by atoms with Crippen LogP contribution in [0.1, 0.15) is 12.0 Å². The highest BCUT2D eigenvalue weighted by molar-refractivity contribution is 5.78. The topological polar surface area (TPSA) is 62.2 Å². The molecule has 1 heterocycles. The van der Waals surface area contributed by atoms with E-state index in [4.69, 9.17) is 14.6 Å². The number of benzene rings is 2. The van der Waals surface area contributed by atoms with Gasteiger partial charge in [0.15, 0.2) is 6.61 Å². The summed E-state index contributed by atoms with van der Waals surface area (Å²) < 4.78 is 11.0. The molecule has 1 amide bonds. The van der Waals surface area contributed by atoms with Crippen molar-refractivity contribution < 1.29 is 19.4 Å².